The van der Waals surface area contributed by atoms with E-state index in [-0.39, 0.29) is 0 Å². The molecule has 0 amide bonds. The Kier molecular flexibility index (Phi) is 5.43. The predicted octanol–water partition coefficient (Wildman–Crippen LogP) is 4.65. The van der Waals surface area contributed by atoms with Gasteiger partial charge in [-0.25, -0.2) is 4.79 Å². The number of carboxylic acid groups (broad SMARTS) is 1. The van der Waals surface area contributed by atoms with Crippen LogP contribution >= 0.6 is 0 Å². The molecule has 0 aliphatic heterocycles. The second-order valence-corrected chi connectivity index (χ2v) is 6.78. The van der Waals surface area contributed by atoms with Gasteiger partial charge in [0.25, 0.3) is 0 Å². The number of allylic oxidation sites excluding steroid dienone is 1. The van der Waals surface area contributed by atoms with Crippen LogP contribution in [-0.4, -0.2) is 11.1 Å². The molecule has 0 heterocycles. The highest BCUT2D eigenvalue weighted by atomic mass is 16.4. The molecule has 0 radical (unpaired) electrons. The van der Waals surface area contributed by atoms with Gasteiger partial charge in [-0.3, -0.25) is 0 Å². The lowest BCUT2D eigenvalue weighted by molar-refractivity contribution is -0.131. The molecule has 0 aromatic carbocycles. The van der Waals surface area contributed by atoms with E-state index in [2.05, 4.69) is 27.7 Å². The maximum Gasteiger partial charge on any atom is 0.328 e. The molecule has 0 unspecified atom stereocenters. The molecule has 104 valence electrons. The lowest BCUT2D eigenvalue weighted by Crippen LogP contribution is -2.26. The van der Waals surface area contributed by atoms with Gasteiger partial charge in [0, 0.05) is 6.08 Å². The number of aliphatic carboxylic acids is 1. The fourth-order valence-corrected chi connectivity index (χ4v) is 3.08. The summed E-state index contributed by atoms with van der Waals surface area (Å²) in [5, 5.41) is 8.82. The van der Waals surface area contributed by atoms with Crippen LogP contribution in [0.2, 0.25) is 0 Å². The van der Waals surface area contributed by atoms with Gasteiger partial charge in [0.05, 0.1) is 0 Å². The predicted molar refractivity (Wildman–Crippen MR) is 75.5 cm³/mol. The second kappa shape index (κ2) is 6.40. The Hall–Kier alpha value is -0.790. The van der Waals surface area contributed by atoms with E-state index >= 15 is 0 Å². The van der Waals surface area contributed by atoms with Crippen LogP contribution in [-0.2, 0) is 4.79 Å². The Labute approximate surface area is 111 Å². The summed E-state index contributed by atoms with van der Waals surface area (Å²) in [5.74, 6) is 0.742. The van der Waals surface area contributed by atoms with Crippen molar-refractivity contribution in [3.05, 3.63) is 11.6 Å². The van der Waals surface area contributed by atoms with Crippen molar-refractivity contribution in [3.8, 4) is 0 Å². The average Bonchev–Trinajstić information content (AvgIpc) is 2.27. The van der Waals surface area contributed by atoms with Crippen LogP contribution < -0.4 is 0 Å². The van der Waals surface area contributed by atoms with E-state index in [1.165, 1.54) is 31.8 Å². The zero-order valence-electron chi connectivity index (χ0n) is 12.3. The Morgan fingerprint density at radius 1 is 1.22 bits per heavy atom. The molecule has 1 fully saturated rings. The van der Waals surface area contributed by atoms with Gasteiger partial charge >= 0.3 is 5.97 Å². The summed E-state index contributed by atoms with van der Waals surface area (Å²) in [6.45, 7) is 9.05. The molecule has 1 aliphatic rings. The summed E-state index contributed by atoms with van der Waals surface area (Å²) < 4.78 is 0. The van der Waals surface area contributed by atoms with Crippen molar-refractivity contribution in [2.75, 3.05) is 0 Å². The molecule has 2 nitrogen and oxygen atoms in total. The molecule has 2 heteroatoms. The molecular weight excluding hydrogens is 224 g/mol. The first kappa shape index (κ1) is 15.3. The maximum absolute atomic E-state index is 10.7. The number of hydrogen-bond donors (Lipinski definition) is 1. The van der Waals surface area contributed by atoms with E-state index in [9.17, 15) is 4.79 Å². The monoisotopic (exact) mass is 252 g/mol. The molecular formula is C16H28O2. The fourth-order valence-electron chi connectivity index (χ4n) is 3.08. The largest absolute Gasteiger partial charge is 0.478 e. The highest BCUT2D eigenvalue weighted by Crippen LogP contribution is 2.41. The third-order valence-electron chi connectivity index (χ3n) is 4.40. The highest BCUT2D eigenvalue weighted by Gasteiger charge is 2.29. The van der Waals surface area contributed by atoms with Crippen molar-refractivity contribution < 1.29 is 9.90 Å². The van der Waals surface area contributed by atoms with Gasteiger partial charge in [-0.1, -0.05) is 33.3 Å². The number of carbonyl (C=O) groups is 1. The molecule has 1 aliphatic carbocycles. The first-order chi connectivity index (χ1) is 8.32. The molecule has 18 heavy (non-hydrogen) atoms. The Bertz CT molecular complexity index is 302. The molecule has 0 aromatic rings. The van der Waals surface area contributed by atoms with Crippen molar-refractivity contribution in [1.29, 1.82) is 0 Å². The standard InChI is InChI=1S/C16H28O2/c1-5-12(11-15(17)18)10-13-6-8-14(9-7-13)16(2,3)4/h11,13-14H,5-10H2,1-4H3,(H,17,18). The lowest BCUT2D eigenvalue weighted by atomic mass is 9.69. The molecule has 0 saturated heterocycles. The highest BCUT2D eigenvalue weighted by molar-refractivity contribution is 5.80. The van der Waals surface area contributed by atoms with Crippen molar-refractivity contribution in [2.45, 2.75) is 66.2 Å². The van der Waals surface area contributed by atoms with Crippen molar-refractivity contribution >= 4 is 5.97 Å². The summed E-state index contributed by atoms with van der Waals surface area (Å²) in [7, 11) is 0. The van der Waals surface area contributed by atoms with Crippen LogP contribution in [0, 0.1) is 17.3 Å². The van der Waals surface area contributed by atoms with Gasteiger partial charge in [0.15, 0.2) is 0 Å². The van der Waals surface area contributed by atoms with Gasteiger partial charge in [0.1, 0.15) is 0 Å². The van der Waals surface area contributed by atoms with Gasteiger partial charge in [0.2, 0.25) is 0 Å². The minimum atomic E-state index is -0.796. The summed E-state index contributed by atoms with van der Waals surface area (Å²) >= 11 is 0. The van der Waals surface area contributed by atoms with Crippen LogP contribution in [0.4, 0.5) is 0 Å². The molecule has 1 saturated carbocycles. The van der Waals surface area contributed by atoms with E-state index in [0.29, 0.717) is 11.3 Å². The average molecular weight is 252 g/mol. The first-order valence-electron chi connectivity index (χ1n) is 7.25. The van der Waals surface area contributed by atoms with E-state index in [1.54, 1.807) is 0 Å². The summed E-state index contributed by atoms with van der Waals surface area (Å²) in [6, 6.07) is 0. The fraction of sp³-hybridized carbons (Fsp3) is 0.812. The smallest absolute Gasteiger partial charge is 0.328 e. The maximum atomic E-state index is 10.7. The summed E-state index contributed by atoms with van der Waals surface area (Å²) in [5.41, 5.74) is 1.52. The summed E-state index contributed by atoms with van der Waals surface area (Å²) in [6.07, 6.45) is 8.40. The number of hydrogen-bond acceptors (Lipinski definition) is 1. The van der Waals surface area contributed by atoms with Crippen LogP contribution in [0.5, 0.6) is 0 Å². The minimum absolute atomic E-state index is 0.426. The number of carboxylic acids is 1. The van der Waals surface area contributed by atoms with E-state index in [0.717, 1.165) is 24.3 Å². The third kappa shape index (κ3) is 4.83. The Morgan fingerprint density at radius 3 is 2.17 bits per heavy atom. The van der Waals surface area contributed by atoms with Crippen molar-refractivity contribution in [1.82, 2.24) is 0 Å². The van der Waals surface area contributed by atoms with Gasteiger partial charge in [-0.2, -0.15) is 0 Å². The van der Waals surface area contributed by atoms with Gasteiger partial charge in [-0.05, 0) is 55.8 Å². The summed E-state index contributed by atoms with van der Waals surface area (Å²) in [4.78, 5) is 10.7. The molecule has 0 atom stereocenters. The molecule has 1 rings (SSSR count). The first-order valence-corrected chi connectivity index (χ1v) is 7.25. The number of rotatable bonds is 4. The van der Waals surface area contributed by atoms with Crippen LogP contribution in [0.15, 0.2) is 11.6 Å². The van der Waals surface area contributed by atoms with Crippen molar-refractivity contribution in [2.24, 2.45) is 17.3 Å². The SMILES string of the molecule is CCC(=CC(=O)O)CC1CCC(C(C)(C)C)CC1. The molecule has 0 aromatic heterocycles. The van der Waals surface area contributed by atoms with Gasteiger partial charge in [-0.15, -0.1) is 0 Å². The third-order valence-corrected chi connectivity index (χ3v) is 4.40. The molecule has 0 spiro atoms. The minimum Gasteiger partial charge on any atom is -0.478 e. The lowest BCUT2D eigenvalue weighted by Gasteiger charge is -2.37. The van der Waals surface area contributed by atoms with Crippen LogP contribution in [0.3, 0.4) is 0 Å². The quantitative estimate of drug-likeness (QED) is 0.739. The van der Waals surface area contributed by atoms with Crippen LogP contribution in [0.25, 0.3) is 0 Å². The van der Waals surface area contributed by atoms with Crippen LogP contribution in [0.1, 0.15) is 66.2 Å². The van der Waals surface area contributed by atoms with E-state index < -0.39 is 5.97 Å². The zero-order valence-corrected chi connectivity index (χ0v) is 12.3. The molecule has 0 bridgehead atoms. The normalized spacial score (nSPS) is 26.1. The Balaban J connectivity index is 2.46. The topological polar surface area (TPSA) is 37.3 Å². The molecule has 1 N–H and O–H groups in total. The van der Waals surface area contributed by atoms with E-state index in [1.807, 2.05) is 0 Å². The second-order valence-electron chi connectivity index (χ2n) is 6.78. The van der Waals surface area contributed by atoms with Crippen molar-refractivity contribution in [3.63, 3.8) is 0 Å². The van der Waals surface area contributed by atoms with E-state index in [4.69, 9.17) is 5.11 Å². The zero-order chi connectivity index (χ0) is 13.8. The van der Waals surface area contributed by atoms with Gasteiger partial charge < -0.3 is 5.11 Å². The Morgan fingerprint density at radius 2 is 1.78 bits per heavy atom.